The number of hydrogen-bond donors (Lipinski definition) is 2. The number of rotatable bonds is 3. The lowest BCUT2D eigenvalue weighted by atomic mass is 9.88. The normalized spacial score (nSPS) is 22.5. The van der Waals surface area contributed by atoms with Crippen molar-refractivity contribution >= 4 is 11.7 Å². The molecule has 0 atom stereocenters. The summed E-state index contributed by atoms with van der Waals surface area (Å²) in [5, 5.41) is 13.6. The van der Waals surface area contributed by atoms with Gasteiger partial charge in [-0.3, -0.25) is 4.79 Å². The van der Waals surface area contributed by atoms with E-state index in [1.807, 2.05) is 12.1 Å². The Kier molecular flexibility index (Phi) is 3.48. The number of pyridine rings is 1. The summed E-state index contributed by atoms with van der Waals surface area (Å²) in [5.41, 5.74) is -0.202. The van der Waals surface area contributed by atoms with Crippen LogP contribution in [0.25, 0.3) is 0 Å². The Bertz CT molecular complexity index is 506. The highest BCUT2D eigenvalue weighted by atomic mass is 16.3. The predicted octanol–water partition coefficient (Wildman–Crippen LogP) is 1.34. The SMILES string of the molecule is CN1CCC(O)(c2cccc(NC(=O)C3CC3)n2)CC1. The van der Waals surface area contributed by atoms with Crippen LogP contribution in [-0.4, -0.2) is 41.0 Å². The highest BCUT2D eigenvalue weighted by molar-refractivity contribution is 5.93. The van der Waals surface area contributed by atoms with Gasteiger partial charge < -0.3 is 15.3 Å². The van der Waals surface area contributed by atoms with Crippen molar-refractivity contribution in [1.82, 2.24) is 9.88 Å². The van der Waals surface area contributed by atoms with E-state index in [0.717, 1.165) is 25.9 Å². The van der Waals surface area contributed by atoms with Gasteiger partial charge in [-0.25, -0.2) is 4.98 Å². The maximum Gasteiger partial charge on any atom is 0.228 e. The molecule has 2 fully saturated rings. The Hall–Kier alpha value is -1.46. The van der Waals surface area contributed by atoms with E-state index in [1.54, 1.807) is 6.07 Å². The highest BCUT2D eigenvalue weighted by Crippen LogP contribution is 2.32. The van der Waals surface area contributed by atoms with Crippen molar-refractivity contribution in [2.45, 2.75) is 31.3 Å². The van der Waals surface area contributed by atoms with Crippen LogP contribution in [0.1, 0.15) is 31.4 Å². The lowest BCUT2D eigenvalue weighted by Crippen LogP contribution is -2.41. The van der Waals surface area contributed by atoms with Gasteiger partial charge in [0, 0.05) is 19.0 Å². The van der Waals surface area contributed by atoms with E-state index in [2.05, 4.69) is 22.2 Å². The van der Waals surface area contributed by atoms with Crippen LogP contribution < -0.4 is 5.32 Å². The minimum atomic E-state index is -0.868. The number of nitrogens with zero attached hydrogens (tertiary/aromatic N) is 2. The monoisotopic (exact) mass is 275 g/mol. The van der Waals surface area contributed by atoms with Gasteiger partial charge in [-0.1, -0.05) is 6.07 Å². The zero-order valence-electron chi connectivity index (χ0n) is 11.8. The molecule has 5 nitrogen and oxygen atoms in total. The molecule has 108 valence electrons. The van der Waals surface area contributed by atoms with Crippen LogP contribution in [-0.2, 0) is 10.4 Å². The molecule has 1 aliphatic carbocycles. The fraction of sp³-hybridized carbons (Fsp3) is 0.600. The van der Waals surface area contributed by atoms with Gasteiger partial charge in [0.2, 0.25) is 5.91 Å². The number of nitrogens with one attached hydrogen (secondary N) is 1. The molecule has 1 saturated heterocycles. The van der Waals surface area contributed by atoms with Crippen molar-refractivity contribution in [2.75, 3.05) is 25.5 Å². The summed E-state index contributed by atoms with van der Waals surface area (Å²) in [6, 6.07) is 5.47. The van der Waals surface area contributed by atoms with E-state index >= 15 is 0 Å². The quantitative estimate of drug-likeness (QED) is 0.874. The number of aromatic nitrogens is 1. The molecule has 3 rings (SSSR count). The van der Waals surface area contributed by atoms with E-state index in [4.69, 9.17) is 0 Å². The number of likely N-dealkylation sites (tertiary alicyclic amines) is 1. The predicted molar refractivity (Wildman–Crippen MR) is 76.2 cm³/mol. The molecular formula is C15H21N3O2. The minimum absolute atomic E-state index is 0.0463. The van der Waals surface area contributed by atoms with Gasteiger partial charge in [0.25, 0.3) is 0 Å². The summed E-state index contributed by atoms with van der Waals surface area (Å²) in [5.74, 6) is 0.753. The Balaban J connectivity index is 1.74. The topological polar surface area (TPSA) is 65.5 Å². The number of piperidine rings is 1. The van der Waals surface area contributed by atoms with Crippen molar-refractivity contribution in [3.63, 3.8) is 0 Å². The van der Waals surface area contributed by atoms with Crippen LogP contribution >= 0.6 is 0 Å². The van der Waals surface area contributed by atoms with Gasteiger partial charge in [-0.05, 0) is 44.9 Å². The molecule has 0 spiro atoms. The third-order valence-corrected chi connectivity index (χ3v) is 4.24. The van der Waals surface area contributed by atoms with Crippen molar-refractivity contribution in [1.29, 1.82) is 0 Å². The summed E-state index contributed by atoms with van der Waals surface area (Å²) in [7, 11) is 2.05. The van der Waals surface area contributed by atoms with E-state index in [-0.39, 0.29) is 11.8 Å². The third-order valence-electron chi connectivity index (χ3n) is 4.24. The molecule has 0 bridgehead atoms. The average molecular weight is 275 g/mol. The smallest absolute Gasteiger partial charge is 0.228 e. The highest BCUT2D eigenvalue weighted by Gasteiger charge is 2.35. The number of amides is 1. The third kappa shape index (κ3) is 2.83. The number of hydrogen-bond acceptors (Lipinski definition) is 4. The summed E-state index contributed by atoms with van der Waals surface area (Å²) < 4.78 is 0. The first-order valence-electron chi connectivity index (χ1n) is 7.26. The molecular weight excluding hydrogens is 254 g/mol. The van der Waals surface area contributed by atoms with Crippen molar-refractivity contribution in [3.8, 4) is 0 Å². The minimum Gasteiger partial charge on any atom is -0.383 e. The largest absolute Gasteiger partial charge is 0.383 e. The van der Waals surface area contributed by atoms with Gasteiger partial charge in [0.1, 0.15) is 11.4 Å². The van der Waals surface area contributed by atoms with E-state index in [0.29, 0.717) is 24.4 Å². The van der Waals surface area contributed by atoms with E-state index < -0.39 is 5.60 Å². The summed E-state index contributed by atoms with van der Waals surface area (Å²) in [6.45, 7) is 1.72. The molecule has 1 aromatic rings. The molecule has 2 aliphatic rings. The summed E-state index contributed by atoms with van der Waals surface area (Å²) in [4.78, 5) is 18.4. The zero-order chi connectivity index (χ0) is 14.2. The Morgan fingerprint density at radius 1 is 1.40 bits per heavy atom. The lowest BCUT2D eigenvalue weighted by Gasteiger charge is -2.36. The van der Waals surface area contributed by atoms with Crippen molar-refractivity contribution < 1.29 is 9.90 Å². The van der Waals surface area contributed by atoms with Gasteiger partial charge in [-0.15, -0.1) is 0 Å². The molecule has 2 heterocycles. The molecule has 1 aliphatic heterocycles. The van der Waals surface area contributed by atoms with Gasteiger partial charge in [0.05, 0.1) is 5.69 Å². The first-order valence-corrected chi connectivity index (χ1v) is 7.26. The van der Waals surface area contributed by atoms with Crippen LogP contribution in [0.15, 0.2) is 18.2 Å². The molecule has 1 aromatic heterocycles. The molecule has 0 aromatic carbocycles. The second-order valence-electron chi connectivity index (χ2n) is 6.01. The van der Waals surface area contributed by atoms with Crippen LogP contribution in [0.2, 0.25) is 0 Å². The molecule has 0 radical (unpaired) electrons. The fourth-order valence-corrected chi connectivity index (χ4v) is 2.58. The number of anilines is 1. The Labute approximate surface area is 119 Å². The zero-order valence-corrected chi connectivity index (χ0v) is 11.8. The molecule has 20 heavy (non-hydrogen) atoms. The molecule has 0 unspecified atom stereocenters. The first-order chi connectivity index (χ1) is 9.57. The van der Waals surface area contributed by atoms with Gasteiger partial charge in [-0.2, -0.15) is 0 Å². The summed E-state index contributed by atoms with van der Waals surface area (Å²) >= 11 is 0. The maximum absolute atomic E-state index is 11.8. The number of carbonyl (C=O) groups is 1. The van der Waals surface area contributed by atoms with Gasteiger partial charge in [0.15, 0.2) is 0 Å². The van der Waals surface area contributed by atoms with Crippen LogP contribution in [0.3, 0.4) is 0 Å². The maximum atomic E-state index is 11.8. The Morgan fingerprint density at radius 3 is 2.75 bits per heavy atom. The summed E-state index contributed by atoms with van der Waals surface area (Å²) in [6.07, 6.45) is 3.30. The Morgan fingerprint density at radius 2 is 2.10 bits per heavy atom. The van der Waals surface area contributed by atoms with E-state index in [9.17, 15) is 9.90 Å². The van der Waals surface area contributed by atoms with Crippen LogP contribution in [0.4, 0.5) is 5.82 Å². The number of aliphatic hydroxyl groups is 1. The fourth-order valence-electron chi connectivity index (χ4n) is 2.58. The molecule has 2 N–H and O–H groups in total. The van der Waals surface area contributed by atoms with Crippen LogP contribution in [0.5, 0.6) is 0 Å². The number of carbonyl (C=O) groups excluding carboxylic acids is 1. The molecule has 1 saturated carbocycles. The van der Waals surface area contributed by atoms with Crippen LogP contribution in [0, 0.1) is 5.92 Å². The first kappa shape index (κ1) is 13.5. The molecule has 1 amide bonds. The molecule has 5 heteroatoms. The standard InChI is InChI=1S/C15H21N3O2/c1-18-9-7-15(20,8-10-18)12-3-2-4-13(16-12)17-14(19)11-5-6-11/h2-4,11,20H,5-10H2,1H3,(H,16,17,19). The average Bonchev–Trinajstić information content (AvgIpc) is 3.27. The van der Waals surface area contributed by atoms with Crippen molar-refractivity contribution in [3.05, 3.63) is 23.9 Å². The second kappa shape index (κ2) is 5.14. The van der Waals surface area contributed by atoms with E-state index in [1.165, 1.54) is 0 Å². The van der Waals surface area contributed by atoms with Gasteiger partial charge >= 0.3 is 0 Å². The second-order valence-corrected chi connectivity index (χ2v) is 6.01. The van der Waals surface area contributed by atoms with Crippen molar-refractivity contribution in [2.24, 2.45) is 5.92 Å². The lowest BCUT2D eigenvalue weighted by molar-refractivity contribution is -0.117.